The zero-order valence-corrected chi connectivity index (χ0v) is 27.5. The molecule has 1 aliphatic heterocycles. The number of carbonyl (C=O) groups is 2. The van der Waals surface area contributed by atoms with Gasteiger partial charge < -0.3 is 15.0 Å². The summed E-state index contributed by atoms with van der Waals surface area (Å²) in [5, 5.41) is 11.7. The minimum Gasteiger partial charge on any atom is -0.434 e. The fourth-order valence-electron chi connectivity index (χ4n) is 5.70. The maximum absolute atomic E-state index is 13.4. The molecule has 0 saturated carbocycles. The third-order valence-corrected chi connectivity index (χ3v) is 8.73. The highest BCUT2D eigenvalue weighted by molar-refractivity contribution is 9.10. The number of benzene rings is 2. The molecule has 2 amide bonds. The van der Waals surface area contributed by atoms with Crippen molar-refractivity contribution < 1.29 is 23.1 Å². The Balaban J connectivity index is 1.20. The van der Waals surface area contributed by atoms with Crippen LogP contribution in [0.25, 0.3) is 16.9 Å². The monoisotopic (exact) mass is 726 g/mol. The van der Waals surface area contributed by atoms with Crippen molar-refractivity contribution in [2.24, 2.45) is 0 Å². The number of fused-ring (bicyclic) bond motifs is 1. The maximum Gasteiger partial charge on any atom is 0.387 e. The van der Waals surface area contributed by atoms with E-state index in [1.165, 1.54) is 51.6 Å². The molecular formula is C32H30BrClF2N8O3. The third-order valence-electron chi connectivity index (χ3n) is 8.01. The van der Waals surface area contributed by atoms with Crippen LogP contribution in [0.2, 0.25) is 5.02 Å². The molecule has 0 bridgehead atoms. The van der Waals surface area contributed by atoms with Gasteiger partial charge in [-0.15, -0.1) is 0 Å². The van der Waals surface area contributed by atoms with Crippen molar-refractivity contribution in [2.75, 3.05) is 25.5 Å². The van der Waals surface area contributed by atoms with E-state index in [0.717, 1.165) is 23.9 Å². The molecule has 0 spiro atoms. The number of hydrogen-bond acceptors (Lipinski definition) is 7. The minimum atomic E-state index is -3.11. The van der Waals surface area contributed by atoms with Crippen LogP contribution < -0.4 is 10.1 Å². The Morgan fingerprint density at radius 2 is 1.98 bits per heavy atom. The average Bonchev–Trinajstić information content (AvgIpc) is 3.66. The molecule has 2 aromatic carbocycles. The van der Waals surface area contributed by atoms with E-state index in [1.54, 1.807) is 17.2 Å². The summed E-state index contributed by atoms with van der Waals surface area (Å²) in [7, 11) is 2.09. The van der Waals surface area contributed by atoms with Crippen LogP contribution in [0.4, 0.5) is 14.5 Å². The highest BCUT2D eigenvalue weighted by Crippen LogP contribution is 2.37. The fourth-order valence-corrected chi connectivity index (χ4v) is 6.32. The van der Waals surface area contributed by atoms with Crippen LogP contribution >= 0.6 is 27.5 Å². The summed E-state index contributed by atoms with van der Waals surface area (Å²) in [6.07, 6.45) is 7.66. The molecule has 0 aliphatic carbocycles. The first-order valence-electron chi connectivity index (χ1n) is 14.8. The first kappa shape index (κ1) is 32.5. The highest BCUT2D eigenvalue weighted by Gasteiger charge is 2.27. The first-order chi connectivity index (χ1) is 22.6. The molecule has 5 aromatic rings. The largest absolute Gasteiger partial charge is 0.434 e. The Morgan fingerprint density at radius 1 is 1.17 bits per heavy atom. The van der Waals surface area contributed by atoms with E-state index in [9.17, 15) is 18.4 Å². The SMILES string of the molecule is CN(Cc1cccc(Br)c1)C1CCN(C(=O)Cn2cc(NC(=O)c3cnn4cccnc34)c(-c3cc(Cl)ccc3OC(F)F)n2)CC1. The number of aromatic nitrogens is 5. The lowest BCUT2D eigenvalue weighted by atomic mass is 10.0. The van der Waals surface area contributed by atoms with Crippen molar-refractivity contribution in [3.05, 3.63) is 93.9 Å². The number of piperidine rings is 1. The summed E-state index contributed by atoms with van der Waals surface area (Å²) < 4.78 is 35.3. The minimum absolute atomic E-state index is 0.0987. The quantitative estimate of drug-likeness (QED) is 0.189. The Hall–Kier alpha value is -4.40. The third kappa shape index (κ3) is 7.61. The van der Waals surface area contributed by atoms with E-state index in [4.69, 9.17) is 16.3 Å². The number of alkyl halides is 2. The van der Waals surface area contributed by atoms with E-state index in [1.807, 2.05) is 12.1 Å². The zero-order valence-electron chi connectivity index (χ0n) is 25.2. The van der Waals surface area contributed by atoms with Gasteiger partial charge in [0.2, 0.25) is 5.91 Å². The van der Waals surface area contributed by atoms with Crippen molar-refractivity contribution in [3.8, 4) is 17.0 Å². The molecule has 0 atom stereocenters. The molecule has 1 N–H and O–H groups in total. The van der Waals surface area contributed by atoms with Crippen LogP contribution in [0.15, 0.2) is 77.8 Å². The predicted molar refractivity (Wildman–Crippen MR) is 175 cm³/mol. The zero-order chi connectivity index (χ0) is 33.1. The molecule has 0 radical (unpaired) electrons. The number of anilines is 1. The standard InChI is InChI=1S/C32H30BrClF2N8O3/c1-41(17-20-4-2-5-21(33)14-20)23-8-12-42(13-9-23)28(45)19-43-18-26(39-31(46)25-16-38-44-11-3-10-37-30(25)44)29(40-43)24-15-22(34)6-7-27(24)47-32(35)36/h2-7,10-11,14-16,18,23,32H,8-9,12-13,17,19H2,1H3,(H,39,46). The second-order valence-electron chi connectivity index (χ2n) is 11.2. The van der Waals surface area contributed by atoms with Gasteiger partial charge in [-0.2, -0.15) is 19.0 Å². The highest BCUT2D eigenvalue weighted by atomic mass is 79.9. The van der Waals surface area contributed by atoms with Crippen LogP contribution in [-0.4, -0.2) is 78.8 Å². The number of amides is 2. The van der Waals surface area contributed by atoms with Gasteiger partial charge in [0.05, 0.1) is 11.9 Å². The van der Waals surface area contributed by atoms with Crippen LogP contribution in [0, 0.1) is 0 Å². The molecule has 244 valence electrons. The van der Waals surface area contributed by atoms with Crippen molar-refractivity contribution in [1.29, 1.82) is 0 Å². The molecule has 47 heavy (non-hydrogen) atoms. The normalized spacial score (nSPS) is 13.9. The number of nitrogens with zero attached hydrogens (tertiary/aromatic N) is 7. The predicted octanol–water partition coefficient (Wildman–Crippen LogP) is 5.99. The number of rotatable bonds is 10. The van der Waals surface area contributed by atoms with Crippen LogP contribution in [0.3, 0.4) is 0 Å². The van der Waals surface area contributed by atoms with Crippen LogP contribution in [0.1, 0.15) is 28.8 Å². The lowest BCUT2D eigenvalue weighted by Gasteiger charge is -2.36. The van der Waals surface area contributed by atoms with Crippen molar-refractivity contribution in [3.63, 3.8) is 0 Å². The van der Waals surface area contributed by atoms with Crippen molar-refractivity contribution in [1.82, 2.24) is 34.2 Å². The van der Waals surface area contributed by atoms with Gasteiger partial charge in [0.25, 0.3) is 5.91 Å². The molecule has 3 aromatic heterocycles. The van der Waals surface area contributed by atoms with E-state index >= 15 is 0 Å². The molecule has 1 fully saturated rings. The fraction of sp³-hybridized carbons (Fsp3) is 0.281. The van der Waals surface area contributed by atoms with Gasteiger partial charge in [0.1, 0.15) is 23.6 Å². The molecule has 1 saturated heterocycles. The number of likely N-dealkylation sites (tertiary alicyclic amines) is 1. The Bertz CT molecular complexity index is 1910. The van der Waals surface area contributed by atoms with Gasteiger partial charge in [0.15, 0.2) is 5.65 Å². The maximum atomic E-state index is 13.4. The van der Waals surface area contributed by atoms with E-state index < -0.39 is 12.5 Å². The average molecular weight is 728 g/mol. The lowest BCUT2D eigenvalue weighted by Crippen LogP contribution is -2.46. The number of hydrogen-bond donors (Lipinski definition) is 1. The Morgan fingerprint density at radius 3 is 2.74 bits per heavy atom. The summed E-state index contributed by atoms with van der Waals surface area (Å²) in [6, 6.07) is 14.3. The summed E-state index contributed by atoms with van der Waals surface area (Å²) in [5.74, 6) is -0.909. The summed E-state index contributed by atoms with van der Waals surface area (Å²) in [5.41, 5.74) is 2.09. The second-order valence-corrected chi connectivity index (χ2v) is 12.5. The van der Waals surface area contributed by atoms with E-state index in [0.29, 0.717) is 24.8 Å². The number of ether oxygens (including phenoxy) is 1. The molecular weight excluding hydrogens is 698 g/mol. The van der Waals surface area contributed by atoms with Gasteiger partial charge in [-0.1, -0.05) is 39.7 Å². The molecule has 4 heterocycles. The summed E-state index contributed by atoms with van der Waals surface area (Å²) in [4.78, 5) is 35.2. The number of nitrogens with one attached hydrogen (secondary N) is 1. The molecule has 0 unspecified atom stereocenters. The molecule has 6 rings (SSSR count). The lowest BCUT2D eigenvalue weighted by molar-refractivity contribution is -0.133. The van der Waals surface area contributed by atoms with Gasteiger partial charge in [-0.25, -0.2) is 9.50 Å². The first-order valence-corrected chi connectivity index (χ1v) is 16.0. The second kappa shape index (κ2) is 14.2. The summed E-state index contributed by atoms with van der Waals surface area (Å²) >= 11 is 9.76. The van der Waals surface area contributed by atoms with Crippen molar-refractivity contribution >= 4 is 50.7 Å². The van der Waals surface area contributed by atoms with E-state index in [-0.39, 0.29) is 45.7 Å². The van der Waals surface area contributed by atoms with Crippen molar-refractivity contribution in [2.45, 2.75) is 38.6 Å². The molecule has 1 aliphatic rings. The van der Waals surface area contributed by atoms with Gasteiger partial charge in [-0.05, 0) is 61.9 Å². The number of carbonyl (C=O) groups excluding carboxylic acids is 2. The van der Waals surface area contributed by atoms with Gasteiger partial charge in [-0.3, -0.25) is 19.2 Å². The van der Waals surface area contributed by atoms with Gasteiger partial charge in [0, 0.05) is 59.3 Å². The Labute approximate surface area is 282 Å². The van der Waals surface area contributed by atoms with Crippen LogP contribution in [-0.2, 0) is 17.9 Å². The molecule has 11 nitrogen and oxygen atoms in total. The van der Waals surface area contributed by atoms with Gasteiger partial charge >= 0.3 is 6.61 Å². The van der Waals surface area contributed by atoms with Crippen LogP contribution in [0.5, 0.6) is 5.75 Å². The number of halogens is 4. The molecule has 15 heteroatoms. The Kier molecular flexibility index (Phi) is 9.80. The van der Waals surface area contributed by atoms with E-state index in [2.05, 4.69) is 60.5 Å². The smallest absolute Gasteiger partial charge is 0.387 e. The summed E-state index contributed by atoms with van der Waals surface area (Å²) in [6.45, 7) is -1.29. The topological polar surface area (TPSA) is 110 Å².